The molecular weight excluding hydrogens is 422 g/mol. The summed E-state index contributed by atoms with van der Waals surface area (Å²) in [5.41, 5.74) is 4.03. The molecule has 0 saturated heterocycles. The molecular formula is C22H18ClN3O3S. The molecule has 1 amide bonds. The summed E-state index contributed by atoms with van der Waals surface area (Å²) in [6, 6.07) is 14.6. The summed E-state index contributed by atoms with van der Waals surface area (Å²) in [5.74, 6) is 1.64. The molecule has 1 N–H and O–H groups in total. The van der Waals surface area contributed by atoms with Gasteiger partial charge in [-0.05, 0) is 61.4 Å². The lowest BCUT2D eigenvalue weighted by atomic mass is 10.1. The Hall–Kier alpha value is -3.03. The van der Waals surface area contributed by atoms with Gasteiger partial charge in [0.25, 0.3) is 17.0 Å². The van der Waals surface area contributed by atoms with Crippen molar-refractivity contribution in [3.8, 4) is 11.5 Å². The van der Waals surface area contributed by atoms with Gasteiger partial charge >= 0.3 is 0 Å². The normalized spacial score (nSPS) is 10.9. The Balaban J connectivity index is 1.35. The van der Waals surface area contributed by atoms with E-state index in [4.69, 9.17) is 20.4 Å². The molecule has 0 aliphatic carbocycles. The summed E-state index contributed by atoms with van der Waals surface area (Å²) < 4.78 is 10.9. The highest BCUT2D eigenvalue weighted by atomic mass is 35.5. The number of nitrogens with one attached hydrogen (secondary N) is 1. The maximum Gasteiger partial charge on any atom is 0.277 e. The second-order valence-electron chi connectivity index (χ2n) is 6.67. The Bertz CT molecular complexity index is 1180. The highest BCUT2D eigenvalue weighted by Gasteiger charge is 2.13. The first kappa shape index (κ1) is 20.3. The van der Waals surface area contributed by atoms with E-state index in [0.29, 0.717) is 33.1 Å². The van der Waals surface area contributed by atoms with Gasteiger partial charge in [-0.15, -0.1) is 10.2 Å². The fraction of sp³-hybridized carbons (Fsp3) is 0.136. The van der Waals surface area contributed by atoms with Gasteiger partial charge in [0.1, 0.15) is 5.76 Å². The lowest BCUT2D eigenvalue weighted by Gasteiger charge is -2.07. The molecule has 8 heteroatoms. The Morgan fingerprint density at radius 1 is 1.10 bits per heavy atom. The number of benzene rings is 2. The van der Waals surface area contributed by atoms with Crippen molar-refractivity contribution in [1.29, 1.82) is 0 Å². The predicted molar refractivity (Wildman–Crippen MR) is 117 cm³/mol. The van der Waals surface area contributed by atoms with Crippen LogP contribution >= 0.6 is 23.4 Å². The smallest absolute Gasteiger partial charge is 0.277 e. The van der Waals surface area contributed by atoms with E-state index in [9.17, 15) is 4.79 Å². The molecule has 0 fully saturated rings. The first-order chi connectivity index (χ1) is 14.5. The lowest BCUT2D eigenvalue weighted by molar-refractivity contribution is 0.102. The molecule has 0 saturated carbocycles. The van der Waals surface area contributed by atoms with E-state index in [1.807, 2.05) is 32.0 Å². The number of nitrogens with zero attached hydrogens (tertiary/aromatic N) is 2. The number of carbonyl (C=O) groups is 1. The molecule has 0 spiro atoms. The van der Waals surface area contributed by atoms with E-state index in [1.54, 1.807) is 36.6 Å². The number of furan rings is 1. The van der Waals surface area contributed by atoms with E-state index in [2.05, 4.69) is 15.5 Å². The SMILES string of the molecule is Cc1cc(NC(=O)c2ccc(CSc3nnc(-c4ccoc4C)o3)cc2)ccc1Cl. The second kappa shape index (κ2) is 8.77. The molecule has 0 radical (unpaired) electrons. The zero-order chi connectivity index (χ0) is 21.1. The number of rotatable bonds is 6. The van der Waals surface area contributed by atoms with Crippen molar-refractivity contribution < 1.29 is 13.6 Å². The molecule has 2 aromatic heterocycles. The first-order valence-electron chi connectivity index (χ1n) is 9.17. The quantitative estimate of drug-likeness (QED) is 0.363. The minimum absolute atomic E-state index is 0.173. The number of amides is 1. The van der Waals surface area contributed by atoms with Crippen LogP contribution in [0, 0.1) is 13.8 Å². The number of hydrogen-bond donors (Lipinski definition) is 1. The van der Waals surface area contributed by atoms with Crippen LogP contribution in [0.5, 0.6) is 0 Å². The van der Waals surface area contributed by atoms with Crippen molar-refractivity contribution in [2.24, 2.45) is 0 Å². The summed E-state index contributed by atoms with van der Waals surface area (Å²) >= 11 is 7.46. The molecule has 4 rings (SSSR count). The maximum absolute atomic E-state index is 12.5. The number of thioether (sulfide) groups is 1. The summed E-state index contributed by atoms with van der Waals surface area (Å²) in [7, 11) is 0. The van der Waals surface area contributed by atoms with Crippen LogP contribution in [0.4, 0.5) is 5.69 Å². The van der Waals surface area contributed by atoms with E-state index < -0.39 is 0 Å². The van der Waals surface area contributed by atoms with Crippen LogP contribution in [0.2, 0.25) is 5.02 Å². The largest absolute Gasteiger partial charge is 0.469 e. The van der Waals surface area contributed by atoms with E-state index in [0.717, 1.165) is 22.5 Å². The van der Waals surface area contributed by atoms with Gasteiger partial charge in [-0.3, -0.25) is 4.79 Å². The minimum Gasteiger partial charge on any atom is -0.469 e. The molecule has 152 valence electrons. The number of hydrogen-bond acceptors (Lipinski definition) is 6. The zero-order valence-corrected chi connectivity index (χ0v) is 17.9. The first-order valence-corrected chi connectivity index (χ1v) is 10.5. The number of anilines is 1. The molecule has 4 aromatic rings. The van der Waals surface area contributed by atoms with E-state index in [1.165, 1.54) is 11.8 Å². The topological polar surface area (TPSA) is 81.2 Å². The van der Waals surface area contributed by atoms with Crippen LogP contribution in [0.3, 0.4) is 0 Å². The Labute approximate surface area is 182 Å². The van der Waals surface area contributed by atoms with Gasteiger partial charge in [-0.1, -0.05) is 35.5 Å². The number of aryl methyl sites for hydroxylation is 2. The summed E-state index contributed by atoms with van der Waals surface area (Å²) in [6.45, 7) is 3.74. The fourth-order valence-corrected chi connectivity index (χ4v) is 3.64. The highest BCUT2D eigenvalue weighted by molar-refractivity contribution is 7.98. The van der Waals surface area contributed by atoms with Crippen LogP contribution < -0.4 is 5.32 Å². The van der Waals surface area contributed by atoms with E-state index >= 15 is 0 Å². The van der Waals surface area contributed by atoms with Crippen molar-refractivity contribution in [3.05, 3.63) is 82.3 Å². The van der Waals surface area contributed by atoms with Crippen LogP contribution in [0.15, 0.2) is 68.9 Å². The van der Waals surface area contributed by atoms with Crippen molar-refractivity contribution in [2.75, 3.05) is 5.32 Å². The summed E-state index contributed by atoms with van der Waals surface area (Å²) in [6.07, 6.45) is 1.59. The van der Waals surface area contributed by atoms with Crippen LogP contribution in [0.1, 0.15) is 27.2 Å². The van der Waals surface area contributed by atoms with Gasteiger partial charge in [-0.2, -0.15) is 0 Å². The zero-order valence-electron chi connectivity index (χ0n) is 16.3. The van der Waals surface area contributed by atoms with Gasteiger partial charge in [0.2, 0.25) is 0 Å². The molecule has 0 unspecified atom stereocenters. The van der Waals surface area contributed by atoms with Crippen molar-refractivity contribution in [2.45, 2.75) is 24.8 Å². The average molecular weight is 440 g/mol. The molecule has 0 aliphatic heterocycles. The second-order valence-corrected chi connectivity index (χ2v) is 8.00. The third-order valence-corrected chi connectivity index (χ3v) is 5.80. The Kier molecular flexibility index (Phi) is 5.92. The summed E-state index contributed by atoms with van der Waals surface area (Å²) in [5, 5.41) is 12.2. The molecule has 6 nitrogen and oxygen atoms in total. The van der Waals surface area contributed by atoms with Gasteiger partial charge in [0.05, 0.1) is 11.8 Å². The monoisotopic (exact) mass is 439 g/mol. The molecule has 0 aliphatic rings. The van der Waals surface area contributed by atoms with Gasteiger partial charge in [-0.25, -0.2) is 0 Å². The molecule has 0 atom stereocenters. The van der Waals surface area contributed by atoms with Crippen molar-refractivity contribution >= 4 is 35.0 Å². The van der Waals surface area contributed by atoms with Crippen LogP contribution in [-0.2, 0) is 5.75 Å². The third-order valence-electron chi connectivity index (χ3n) is 4.49. The fourth-order valence-electron chi connectivity index (χ4n) is 2.81. The van der Waals surface area contributed by atoms with Crippen molar-refractivity contribution in [3.63, 3.8) is 0 Å². The number of halogens is 1. The molecule has 2 heterocycles. The average Bonchev–Trinajstić information content (AvgIpc) is 3.38. The molecule has 30 heavy (non-hydrogen) atoms. The Morgan fingerprint density at radius 2 is 1.90 bits per heavy atom. The van der Waals surface area contributed by atoms with Gasteiger partial charge in [0, 0.05) is 22.0 Å². The van der Waals surface area contributed by atoms with E-state index in [-0.39, 0.29) is 5.91 Å². The third kappa shape index (κ3) is 4.58. The maximum atomic E-state index is 12.5. The Morgan fingerprint density at radius 3 is 2.60 bits per heavy atom. The van der Waals surface area contributed by atoms with Crippen LogP contribution in [-0.4, -0.2) is 16.1 Å². The number of carbonyl (C=O) groups excluding carboxylic acids is 1. The van der Waals surface area contributed by atoms with Crippen LogP contribution in [0.25, 0.3) is 11.5 Å². The molecule has 0 bridgehead atoms. The highest BCUT2D eigenvalue weighted by Crippen LogP contribution is 2.28. The van der Waals surface area contributed by atoms with Crippen molar-refractivity contribution in [1.82, 2.24) is 10.2 Å². The van der Waals surface area contributed by atoms with Gasteiger partial charge < -0.3 is 14.2 Å². The summed E-state index contributed by atoms with van der Waals surface area (Å²) in [4.78, 5) is 12.5. The minimum atomic E-state index is -0.173. The van der Waals surface area contributed by atoms with Gasteiger partial charge in [0.15, 0.2) is 0 Å². The standard InChI is InChI=1S/C22H18ClN3O3S/c1-13-11-17(7-8-19(13)23)24-20(27)16-5-3-15(4-6-16)12-30-22-26-25-21(29-22)18-9-10-28-14(18)2/h3-11H,12H2,1-2H3,(H,24,27). The molecule has 2 aromatic carbocycles. The lowest BCUT2D eigenvalue weighted by Crippen LogP contribution is -2.11. The predicted octanol–water partition coefficient (Wildman–Crippen LogP) is 6.14. The number of aromatic nitrogens is 2.